The second-order valence-corrected chi connectivity index (χ2v) is 16.1. The molecule has 2 atom stereocenters. The number of hydrogen-bond acceptors (Lipinski definition) is 6. The zero-order chi connectivity index (χ0) is 38.7. The maximum atomic E-state index is 14.0. The smallest absolute Gasteiger partial charge is 0.390 e. The standard InChI is InChI=1S/C40H56F3N5O4S/c1-2-3-4-5-6-7-8-9-10-11-12-16-19-36(22-25-46-31-45)53(51,52)48-26-23-34(24-27-48)39(50,29-32-17-14-13-15-18-32)38(49)47-35-21-20-33(30-44)37(28-35)40(41,42)43/h9-10,13-15,17-18,20-21,28,31,34,36,50H,2-8,11-12,16,19,22-27,29H2,1H3,(H2,45,46)(H,47,49). The van der Waals surface area contributed by atoms with Crippen LogP contribution in [0, 0.1) is 17.2 Å². The number of nitrogens with one attached hydrogen (secondary N) is 1. The first-order chi connectivity index (χ1) is 25.4. The van der Waals surface area contributed by atoms with Gasteiger partial charge in [-0.3, -0.25) is 9.79 Å². The van der Waals surface area contributed by atoms with Crippen molar-refractivity contribution in [1.29, 1.82) is 5.26 Å². The van der Waals surface area contributed by atoms with Crippen molar-refractivity contribution in [2.24, 2.45) is 16.6 Å². The molecule has 3 rings (SSSR count). The summed E-state index contributed by atoms with van der Waals surface area (Å²) in [5.74, 6) is -1.60. The van der Waals surface area contributed by atoms with Crippen LogP contribution < -0.4 is 11.1 Å². The number of anilines is 1. The first-order valence-electron chi connectivity index (χ1n) is 18.9. The number of allylic oxidation sites excluding steroid dienone is 2. The van der Waals surface area contributed by atoms with E-state index in [9.17, 15) is 31.5 Å². The van der Waals surface area contributed by atoms with Gasteiger partial charge in [0.2, 0.25) is 10.0 Å². The fourth-order valence-electron chi connectivity index (χ4n) is 6.96. The van der Waals surface area contributed by atoms with Crippen molar-refractivity contribution in [3.63, 3.8) is 0 Å². The number of nitriles is 1. The van der Waals surface area contributed by atoms with E-state index in [0.29, 0.717) is 24.5 Å². The minimum absolute atomic E-state index is 0.0737. The Labute approximate surface area is 313 Å². The predicted molar refractivity (Wildman–Crippen MR) is 205 cm³/mol. The Morgan fingerprint density at radius 2 is 1.66 bits per heavy atom. The minimum atomic E-state index is -4.83. The van der Waals surface area contributed by atoms with Crippen LogP contribution in [0.2, 0.25) is 0 Å². The van der Waals surface area contributed by atoms with Crippen molar-refractivity contribution in [2.45, 2.75) is 120 Å². The molecule has 0 saturated carbocycles. The Kier molecular flexibility index (Phi) is 18.0. The second-order valence-electron chi connectivity index (χ2n) is 13.9. The third kappa shape index (κ3) is 13.6. The number of nitrogens with two attached hydrogens (primary N) is 1. The molecule has 0 spiro atoms. The van der Waals surface area contributed by atoms with Gasteiger partial charge in [-0.25, -0.2) is 12.7 Å². The van der Waals surface area contributed by atoms with E-state index in [-0.39, 0.29) is 44.6 Å². The van der Waals surface area contributed by atoms with E-state index < -0.39 is 50.0 Å². The van der Waals surface area contributed by atoms with Crippen LogP contribution in [0.4, 0.5) is 18.9 Å². The summed E-state index contributed by atoms with van der Waals surface area (Å²) in [7, 11) is -3.76. The van der Waals surface area contributed by atoms with Crippen LogP contribution >= 0.6 is 0 Å². The molecule has 2 aromatic carbocycles. The third-order valence-electron chi connectivity index (χ3n) is 10.0. The van der Waals surface area contributed by atoms with Crippen LogP contribution in [0.3, 0.4) is 0 Å². The van der Waals surface area contributed by atoms with E-state index in [1.165, 1.54) is 61.3 Å². The zero-order valence-corrected chi connectivity index (χ0v) is 31.7. The normalized spacial score (nSPS) is 16.5. The van der Waals surface area contributed by atoms with Gasteiger partial charge in [-0.05, 0) is 81.0 Å². The lowest BCUT2D eigenvalue weighted by Gasteiger charge is -2.41. The van der Waals surface area contributed by atoms with Crippen LogP contribution in [0.25, 0.3) is 0 Å². The van der Waals surface area contributed by atoms with Gasteiger partial charge >= 0.3 is 6.18 Å². The van der Waals surface area contributed by atoms with Gasteiger partial charge in [0.15, 0.2) is 0 Å². The number of alkyl halides is 3. The molecule has 1 aliphatic heterocycles. The maximum absolute atomic E-state index is 14.0. The maximum Gasteiger partial charge on any atom is 0.417 e. The van der Waals surface area contributed by atoms with Gasteiger partial charge in [0.25, 0.3) is 5.91 Å². The fraction of sp³-hybridized carbons (Fsp3) is 0.575. The van der Waals surface area contributed by atoms with Crippen molar-refractivity contribution < 1.29 is 31.5 Å². The molecule has 0 aliphatic carbocycles. The first-order valence-corrected chi connectivity index (χ1v) is 20.4. The number of sulfonamides is 1. The Hall–Kier alpha value is -3.73. The van der Waals surface area contributed by atoms with E-state index in [1.54, 1.807) is 30.3 Å². The van der Waals surface area contributed by atoms with E-state index in [2.05, 4.69) is 29.4 Å². The molecule has 2 unspecified atom stereocenters. The van der Waals surface area contributed by atoms with Crippen LogP contribution in [0.15, 0.2) is 65.7 Å². The van der Waals surface area contributed by atoms with Gasteiger partial charge in [-0.15, -0.1) is 0 Å². The van der Waals surface area contributed by atoms with Crippen molar-refractivity contribution in [2.75, 3.05) is 25.0 Å². The van der Waals surface area contributed by atoms with Crippen molar-refractivity contribution in [3.05, 3.63) is 77.4 Å². The number of halogens is 3. The third-order valence-corrected chi connectivity index (χ3v) is 12.4. The number of amides is 1. The summed E-state index contributed by atoms with van der Waals surface area (Å²) >= 11 is 0. The molecule has 4 N–H and O–H groups in total. The molecule has 1 heterocycles. The van der Waals surface area contributed by atoms with Gasteiger partial charge in [0, 0.05) is 31.7 Å². The topological polar surface area (TPSA) is 149 Å². The summed E-state index contributed by atoms with van der Waals surface area (Å²) in [6.07, 6.45) is 12.8. The van der Waals surface area contributed by atoms with Gasteiger partial charge in [0.05, 0.1) is 28.8 Å². The number of rotatable bonds is 22. The minimum Gasteiger partial charge on any atom is -0.390 e. The summed E-state index contributed by atoms with van der Waals surface area (Å²) in [4.78, 5) is 17.9. The number of aliphatic hydroxyl groups is 1. The monoisotopic (exact) mass is 759 g/mol. The summed E-state index contributed by atoms with van der Waals surface area (Å²) in [5, 5.41) is 23.0. The summed E-state index contributed by atoms with van der Waals surface area (Å²) in [6, 6.07) is 13.1. The average molecular weight is 760 g/mol. The van der Waals surface area contributed by atoms with E-state index in [0.717, 1.165) is 31.7 Å². The van der Waals surface area contributed by atoms with Gasteiger partial charge in [0.1, 0.15) is 5.60 Å². The number of unbranched alkanes of at least 4 members (excludes halogenated alkanes) is 8. The van der Waals surface area contributed by atoms with Crippen LogP contribution in [-0.2, 0) is 27.4 Å². The van der Waals surface area contributed by atoms with E-state index in [1.807, 2.05) is 0 Å². The molecule has 1 aliphatic rings. The number of benzene rings is 2. The first kappa shape index (κ1) is 43.7. The molecule has 1 fully saturated rings. The lowest BCUT2D eigenvalue weighted by Crippen LogP contribution is -2.55. The molecule has 0 aromatic heterocycles. The molecule has 1 amide bonds. The fourth-order valence-corrected chi connectivity index (χ4v) is 8.97. The zero-order valence-electron chi connectivity index (χ0n) is 30.9. The summed E-state index contributed by atoms with van der Waals surface area (Å²) in [6.45, 7) is 2.63. The predicted octanol–water partition coefficient (Wildman–Crippen LogP) is 8.14. The Bertz CT molecular complexity index is 1620. The van der Waals surface area contributed by atoms with Crippen molar-refractivity contribution in [3.8, 4) is 6.07 Å². The molecule has 9 nitrogen and oxygen atoms in total. The lowest BCUT2D eigenvalue weighted by atomic mass is 9.76. The molecular formula is C40H56F3N5O4S. The molecule has 0 bridgehead atoms. The van der Waals surface area contributed by atoms with Gasteiger partial charge in [-0.1, -0.05) is 87.9 Å². The van der Waals surface area contributed by atoms with Crippen LogP contribution in [0.1, 0.15) is 114 Å². The number of hydrogen-bond donors (Lipinski definition) is 3. The molecule has 2 aromatic rings. The van der Waals surface area contributed by atoms with E-state index in [4.69, 9.17) is 11.0 Å². The van der Waals surface area contributed by atoms with Gasteiger partial charge < -0.3 is 16.2 Å². The Morgan fingerprint density at radius 3 is 2.28 bits per heavy atom. The summed E-state index contributed by atoms with van der Waals surface area (Å²) < 4.78 is 70.3. The highest BCUT2D eigenvalue weighted by Gasteiger charge is 2.47. The highest BCUT2D eigenvalue weighted by Crippen LogP contribution is 2.37. The molecule has 13 heteroatoms. The highest BCUT2D eigenvalue weighted by molar-refractivity contribution is 7.89. The quantitative estimate of drug-likeness (QED) is 0.0478. The molecular weight excluding hydrogens is 704 g/mol. The van der Waals surface area contributed by atoms with Crippen molar-refractivity contribution in [1.82, 2.24) is 4.31 Å². The Morgan fingerprint density at radius 1 is 1.02 bits per heavy atom. The molecule has 292 valence electrons. The largest absolute Gasteiger partial charge is 0.417 e. The average Bonchev–Trinajstić information content (AvgIpc) is 3.14. The SMILES string of the molecule is CCCCCCCCC=CCCCCC(CCN=CN)S(=O)(=O)N1CCC(C(O)(Cc2ccccc2)C(=O)Nc2ccc(C#N)c(C(F)(F)F)c2)CC1. The molecule has 53 heavy (non-hydrogen) atoms. The molecule has 1 saturated heterocycles. The van der Waals surface area contributed by atoms with Crippen LogP contribution in [-0.4, -0.2) is 60.6 Å². The highest BCUT2D eigenvalue weighted by atomic mass is 32.2. The second kappa shape index (κ2) is 21.8. The van der Waals surface area contributed by atoms with Crippen molar-refractivity contribution >= 4 is 28.0 Å². The molecule has 0 radical (unpaired) electrons. The number of carbonyl (C=O) groups is 1. The lowest BCUT2D eigenvalue weighted by molar-refractivity contribution is -0.142. The number of carbonyl (C=O) groups excluding carboxylic acids is 1. The van der Waals surface area contributed by atoms with E-state index >= 15 is 0 Å². The van der Waals surface area contributed by atoms with Gasteiger partial charge in [-0.2, -0.15) is 18.4 Å². The van der Waals surface area contributed by atoms with Crippen LogP contribution in [0.5, 0.6) is 0 Å². The Balaban J connectivity index is 1.68. The summed E-state index contributed by atoms with van der Waals surface area (Å²) in [5.41, 5.74) is 1.99. The number of piperidine rings is 1. The number of aliphatic imine (C=N–C) groups is 1. The number of nitrogens with zero attached hydrogens (tertiary/aromatic N) is 3.